The summed E-state index contributed by atoms with van der Waals surface area (Å²) in [5, 5.41) is 9.26. The topological polar surface area (TPSA) is 97.4 Å². The summed E-state index contributed by atoms with van der Waals surface area (Å²) in [7, 11) is 1.60. The van der Waals surface area contributed by atoms with Gasteiger partial charge in [-0.25, -0.2) is 14.8 Å². The van der Waals surface area contributed by atoms with E-state index in [-0.39, 0.29) is 6.03 Å². The van der Waals surface area contributed by atoms with Gasteiger partial charge in [0.25, 0.3) is 0 Å². The number of nitrogens with one attached hydrogen (secondary N) is 3. The standard InChI is InChI=1S/C16H19Cl2N5O3/c1-25-6-7-26-14-3-2-12(10-21-14)23-16(24)20-5-4-19-15-13(18)8-11(17)9-22-15/h2-3,8-10H,4-7H2,1H3,(H,19,22)(H2,20,23,24). The second-order valence-corrected chi connectivity index (χ2v) is 5.86. The molecule has 0 unspecified atom stereocenters. The first-order valence-corrected chi connectivity index (χ1v) is 8.51. The number of carbonyl (C=O) groups excluding carboxylic acids is 1. The molecule has 140 valence electrons. The van der Waals surface area contributed by atoms with Crippen molar-refractivity contribution in [3.05, 3.63) is 40.6 Å². The molecule has 0 saturated heterocycles. The zero-order valence-corrected chi connectivity index (χ0v) is 15.6. The molecule has 0 atom stereocenters. The van der Waals surface area contributed by atoms with E-state index >= 15 is 0 Å². The van der Waals surface area contributed by atoms with Crippen LogP contribution in [-0.4, -0.2) is 49.4 Å². The molecule has 2 rings (SSSR count). The van der Waals surface area contributed by atoms with Crippen molar-refractivity contribution >= 4 is 40.7 Å². The van der Waals surface area contributed by atoms with E-state index in [0.717, 1.165) is 0 Å². The molecule has 0 aliphatic rings. The molecule has 2 heterocycles. The predicted molar refractivity (Wildman–Crippen MR) is 101 cm³/mol. The Bertz CT molecular complexity index is 716. The summed E-state index contributed by atoms with van der Waals surface area (Å²) < 4.78 is 10.2. The van der Waals surface area contributed by atoms with Crippen LogP contribution < -0.4 is 20.7 Å². The van der Waals surface area contributed by atoms with Crippen molar-refractivity contribution in [1.29, 1.82) is 0 Å². The molecule has 2 aromatic rings. The molecule has 10 heteroatoms. The monoisotopic (exact) mass is 399 g/mol. The second-order valence-electron chi connectivity index (χ2n) is 5.02. The van der Waals surface area contributed by atoms with Crippen LogP contribution in [0.2, 0.25) is 10.0 Å². The van der Waals surface area contributed by atoms with Gasteiger partial charge in [-0.05, 0) is 12.1 Å². The molecular weight excluding hydrogens is 381 g/mol. The van der Waals surface area contributed by atoms with Crippen molar-refractivity contribution in [3.63, 3.8) is 0 Å². The molecule has 0 aliphatic heterocycles. The smallest absolute Gasteiger partial charge is 0.319 e. The number of hydrogen-bond donors (Lipinski definition) is 3. The molecule has 0 aliphatic carbocycles. The molecule has 2 amide bonds. The molecule has 0 spiro atoms. The maximum Gasteiger partial charge on any atom is 0.319 e. The van der Waals surface area contributed by atoms with Gasteiger partial charge >= 0.3 is 6.03 Å². The molecule has 26 heavy (non-hydrogen) atoms. The third-order valence-electron chi connectivity index (χ3n) is 3.04. The largest absolute Gasteiger partial charge is 0.475 e. The van der Waals surface area contributed by atoms with E-state index in [1.807, 2.05) is 0 Å². The lowest BCUT2D eigenvalue weighted by Gasteiger charge is -2.10. The highest BCUT2D eigenvalue weighted by atomic mass is 35.5. The number of hydrogen-bond acceptors (Lipinski definition) is 6. The van der Waals surface area contributed by atoms with Crippen LogP contribution in [0, 0.1) is 0 Å². The Morgan fingerprint density at radius 1 is 1.15 bits per heavy atom. The van der Waals surface area contributed by atoms with Crippen LogP contribution in [0.4, 0.5) is 16.3 Å². The zero-order valence-electron chi connectivity index (χ0n) is 14.1. The highest BCUT2D eigenvalue weighted by Gasteiger charge is 2.04. The van der Waals surface area contributed by atoms with Gasteiger partial charge in [-0.1, -0.05) is 23.2 Å². The van der Waals surface area contributed by atoms with Gasteiger partial charge in [0.1, 0.15) is 12.4 Å². The van der Waals surface area contributed by atoms with E-state index in [2.05, 4.69) is 25.9 Å². The van der Waals surface area contributed by atoms with Crippen molar-refractivity contribution in [2.75, 3.05) is 44.0 Å². The molecule has 0 aromatic carbocycles. The Hall–Kier alpha value is -2.29. The first-order valence-electron chi connectivity index (χ1n) is 7.76. The third kappa shape index (κ3) is 6.91. The van der Waals surface area contributed by atoms with E-state index in [4.69, 9.17) is 32.7 Å². The molecular formula is C16H19Cl2N5O3. The SMILES string of the molecule is COCCOc1ccc(NC(=O)NCCNc2ncc(Cl)cc2Cl)cn1. The van der Waals surface area contributed by atoms with Crippen LogP contribution >= 0.6 is 23.2 Å². The van der Waals surface area contributed by atoms with Crippen LogP contribution in [0.3, 0.4) is 0 Å². The lowest BCUT2D eigenvalue weighted by Crippen LogP contribution is -2.32. The third-order valence-corrected chi connectivity index (χ3v) is 3.54. The van der Waals surface area contributed by atoms with E-state index in [0.29, 0.717) is 53.7 Å². The van der Waals surface area contributed by atoms with Gasteiger partial charge in [-0.3, -0.25) is 0 Å². The average Bonchev–Trinajstić information content (AvgIpc) is 2.62. The Morgan fingerprint density at radius 3 is 2.69 bits per heavy atom. The summed E-state index contributed by atoms with van der Waals surface area (Å²) >= 11 is 11.8. The number of halogens is 2. The summed E-state index contributed by atoms with van der Waals surface area (Å²) in [5.41, 5.74) is 0.553. The molecule has 0 saturated carbocycles. The van der Waals surface area contributed by atoms with Gasteiger partial charge < -0.3 is 25.4 Å². The minimum absolute atomic E-state index is 0.350. The van der Waals surface area contributed by atoms with Crippen LogP contribution in [0.25, 0.3) is 0 Å². The molecule has 8 nitrogen and oxygen atoms in total. The maximum atomic E-state index is 11.8. The van der Waals surface area contributed by atoms with Gasteiger partial charge in [-0.15, -0.1) is 0 Å². The number of pyridine rings is 2. The van der Waals surface area contributed by atoms with Gasteiger partial charge in [0.05, 0.1) is 28.5 Å². The second kappa shape index (κ2) is 10.6. The van der Waals surface area contributed by atoms with Crippen LogP contribution in [-0.2, 0) is 4.74 Å². The summed E-state index contributed by atoms with van der Waals surface area (Å²) in [6.07, 6.45) is 3.00. The fourth-order valence-corrected chi connectivity index (χ4v) is 2.29. The van der Waals surface area contributed by atoms with Crippen LogP contribution in [0.15, 0.2) is 30.6 Å². The van der Waals surface area contributed by atoms with E-state index in [1.54, 1.807) is 25.3 Å². The fraction of sp³-hybridized carbons (Fsp3) is 0.312. The number of rotatable bonds is 9. The molecule has 0 bridgehead atoms. The average molecular weight is 400 g/mol. The Morgan fingerprint density at radius 2 is 2.00 bits per heavy atom. The van der Waals surface area contributed by atoms with Crippen molar-refractivity contribution in [2.24, 2.45) is 0 Å². The van der Waals surface area contributed by atoms with Gasteiger partial charge in [0, 0.05) is 32.5 Å². The quantitative estimate of drug-likeness (QED) is 0.560. The summed E-state index contributed by atoms with van der Waals surface area (Å²) in [6, 6.07) is 4.61. The Kier molecular flexibility index (Phi) is 8.20. The van der Waals surface area contributed by atoms with Crippen LogP contribution in [0.5, 0.6) is 5.88 Å². The number of methoxy groups -OCH3 is 1. The first kappa shape index (κ1) is 20.0. The zero-order chi connectivity index (χ0) is 18.8. The summed E-state index contributed by atoms with van der Waals surface area (Å²) in [4.78, 5) is 20.0. The number of urea groups is 1. The highest BCUT2D eigenvalue weighted by molar-refractivity contribution is 6.35. The summed E-state index contributed by atoms with van der Waals surface area (Å²) in [6.45, 7) is 1.72. The number of aromatic nitrogens is 2. The van der Waals surface area contributed by atoms with Gasteiger partial charge in [0.2, 0.25) is 5.88 Å². The molecule has 3 N–H and O–H groups in total. The number of nitrogens with zero attached hydrogens (tertiary/aromatic N) is 2. The van der Waals surface area contributed by atoms with E-state index in [1.165, 1.54) is 12.4 Å². The van der Waals surface area contributed by atoms with E-state index in [9.17, 15) is 4.79 Å². The number of amides is 2. The lowest BCUT2D eigenvalue weighted by atomic mass is 10.4. The van der Waals surface area contributed by atoms with Crippen LogP contribution in [0.1, 0.15) is 0 Å². The maximum absolute atomic E-state index is 11.8. The van der Waals surface area contributed by atoms with Crippen molar-refractivity contribution in [1.82, 2.24) is 15.3 Å². The minimum Gasteiger partial charge on any atom is -0.475 e. The number of anilines is 2. The fourth-order valence-electron chi connectivity index (χ4n) is 1.85. The lowest BCUT2D eigenvalue weighted by molar-refractivity contribution is 0.144. The molecule has 2 aromatic heterocycles. The normalized spacial score (nSPS) is 10.3. The van der Waals surface area contributed by atoms with Crippen molar-refractivity contribution in [2.45, 2.75) is 0 Å². The van der Waals surface area contributed by atoms with E-state index < -0.39 is 0 Å². The Labute approximate surface area is 161 Å². The molecule has 0 radical (unpaired) electrons. The number of ether oxygens (including phenoxy) is 2. The predicted octanol–water partition coefficient (Wildman–Crippen LogP) is 3.04. The van der Waals surface area contributed by atoms with Gasteiger partial charge in [0.15, 0.2) is 0 Å². The number of carbonyl (C=O) groups is 1. The van der Waals surface area contributed by atoms with Crippen molar-refractivity contribution < 1.29 is 14.3 Å². The summed E-state index contributed by atoms with van der Waals surface area (Å²) in [5.74, 6) is 0.969. The molecule has 0 fully saturated rings. The highest BCUT2D eigenvalue weighted by Crippen LogP contribution is 2.22. The minimum atomic E-state index is -0.350. The Balaban J connectivity index is 1.68. The first-order chi connectivity index (χ1) is 12.6. The van der Waals surface area contributed by atoms with Crippen molar-refractivity contribution in [3.8, 4) is 5.88 Å². The van der Waals surface area contributed by atoms with Gasteiger partial charge in [-0.2, -0.15) is 0 Å².